The summed E-state index contributed by atoms with van der Waals surface area (Å²) in [6.45, 7) is 5.75. The van der Waals surface area contributed by atoms with Crippen LogP contribution in [-0.2, 0) is 0 Å². The van der Waals surface area contributed by atoms with Gasteiger partial charge >= 0.3 is 0 Å². The van der Waals surface area contributed by atoms with Gasteiger partial charge in [-0.3, -0.25) is 0 Å². The van der Waals surface area contributed by atoms with Crippen LogP contribution in [0.3, 0.4) is 0 Å². The van der Waals surface area contributed by atoms with Gasteiger partial charge in [-0.2, -0.15) is 15.0 Å². The number of hydrogen-bond acceptors (Lipinski definition) is 7. The van der Waals surface area contributed by atoms with Crippen LogP contribution in [-0.4, -0.2) is 53.9 Å². The lowest BCUT2D eigenvalue weighted by Crippen LogP contribution is -2.19. The van der Waals surface area contributed by atoms with Gasteiger partial charge in [0.05, 0.1) is 0 Å². The molecule has 1 heterocycles. The van der Waals surface area contributed by atoms with E-state index in [4.69, 9.17) is 5.11 Å². The van der Waals surface area contributed by atoms with Crippen molar-refractivity contribution in [3.8, 4) is 0 Å². The van der Waals surface area contributed by atoms with E-state index in [-0.39, 0.29) is 6.61 Å². The number of rotatable bonds is 8. The van der Waals surface area contributed by atoms with E-state index in [1.807, 2.05) is 25.9 Å². The van der Waals surface area contributed by atoms with Crippen LogP contribution in [0.5, 0.6) is 0 Å². The van der Waals surface area contributed by atoms with Crippen LogP contribution in [0.15, 0.2) is 0 Å². The van der Waals surface area contributed by atoms with E-state index in [1.54, 1.807) is 0 Å². The average molecular weight is 268 g/mol. The van der Waals surface area contributed by atoms with Crippen LogP contribution in [0.1, 0.15) is 20.3 Å². The van der Waals surface area contributed by atoms with Crippen molar-refractivity contribution in [1.82, 2.24) is 15.0 Å². The Morgan fingerprint density at radius 3 is 2.32 bits per heavy atom. The van der Waals surface area contributed by atoms with Gasteiger partial charge in [-0.05, 0) is 19.3 Å². The molecule has 7 heteroatoms. The lowest BCUT2D eigenvalue weighted by atomic mass is 10.1. The van der Waals surface area contributed by atoms with Crippen molar-refractivity contribution in [3.05, 3.63) is 0 Å². The number of aliphatic hydroxyl groups is 1. The average Bonchev–Trinajstić information content (AvgIpc) is 2.37. The van der Waals surface area contributed by atoms with Crippen molar-refractivity contribution in [1.29, 1.82) is 0 Å². The molecule has 0 saturated heterocycles. The summed E-state index contributed by atoms with van der Waals surface area (Å²) in [6, 6.07) is 0. The smallest absolute Gasteiger partial charge is 0.231 e. The normalized spacial score (nSPS) is 12.1. The van der Waals surface area contributed by atoms with Crippen LogP contribution in [0, 0.1) is 5.92 Å². The molecule has 0 bridgehead atoms. The first-order valence-electron chi connectivity index (χ1n) is 6.58. The fourth-order valence-corrected chi connectivity index (χ4v) is 1.47. The predicted molar refractivity (Wildman–Crippen MR) is 77.7 cm³/mol. The third kappa shape index (κ3) is 5.25. The fourth-order valence-electron chi connectivity index (χ4n) is 1.47. The van der Waals surface area contributed by atoms with Crippen molar-refractivity contribution in [2.75, 3.05) is 49.3 Å². The SMILES string of the molecule is CCNc1nc(NCC(C)CCO)nc(N(C)C)n1. The van der Waals surface area contributed by atoms with E-state index in [2.05, 4.69) is 32.5 Å². The van der Waals surface area contributed by atoms with Crippen molar-refractivity contribution < 1.29 is 5.11 Å². The Balaban J connectivity index is 2.75. The Hall–Kier alpha value is -1.63. The van der Waals surface area contributed by atoms with Gasteiger partial charge in [0.1, 0.15) is 0 Å². The van der Waals surface area contributed by atoms with E-state index in [0.29, 0.717) is 23.8 Å². The molecular weight excluding hydrogens is 244 g/mol. The second-order valence-corrected chi connectivity index (χ2v) is 4.71. The first kappa shape index (κ1) is 15.4. The molecule has 1 aromatic rings. The predicted octanol–water partition coefficient (Wildman–Crippen LogP) is 0.800. The van der Waals surface area contributed by atoms with Crippen molar-refractivity contribution in [2.45, 2.75) is 20.3 Å². The number of hydrogen-bond donors (Lipinski definition) is 3. The number of aromatic nitrogens is 3. The van der Waals surface area contributed by atoms with Crippen LogP contribution in [0.25, 0.3) is 0 Å². The van der Waals surface area contributed by atoms with Gasteiger partial charge in [0.25, 0.3) is 0 Å². The highest BCUT2D eigenvalue weighted by molar-refractivity contribution is 5.42. The van der Waals surface area contributed by atoms with Gasteiger partial charge in [0.15, 0.2) is 0 Å². The Morgan fingerprint density at radius 1 is 1.16 bits per heavy atom. The van der Waals surface area contributed by atoms with Crippen molar-refractivity contribution in [2.24, 2.45) is 5.92 Å². The number of aliphatic hydroxyl groups excluding tert-OH is 1. The highest BCUT2D eigenvalue weighted by Gasteiger charge is 2.08. The molecule has 0 spiro atoms. The van der Waals surface area contributed by atoms with Gasteiger partial charge in [-0.1, -0.05) is 6.92 Å². The molecule has 3 N–H and O–H groups in total. The van der Waals surface area contributed by atoms with E-state index in [1.165, 1.54) is 0 Å². The van der Waals surface area contributed by atoms with Crippen molar-refractivity contribution in [3.63, 3.8) is 0 Å². The summed E-state index contributed by atoms with van der Waals surface area (Å²) < 4.78 is 0. The molecule has 0 radical (unpaired) electrons. The summed E-state index contributed by atoms with van der Waals surface area (Å²) in [7, 11) is 3.78. The molecule has 0 aliphatic carbocycles. The molecule has 19 heavy (non-hydrogen) atoms. The lowest BCUT2D eigenvalue weighted by molar-refractivity contribution is 0.265. The Bertz CT molecular complexity index is 384. The monoisotopic (exact) mass is 268 g/mol. The number of nitrogens with one attached hydrogen (secondary N) is 2. The molecule has 1 unspecified atom stereocenters. The maximum absolute atomic E-state index is 8.88. The van der Waals surface area contributed by atoms with E-state index < -0.39 is 0 Å². The summed E-state index contributed by atoms with van der Waals surface area (Å²) in [6.07, 6.45) is 0.763. The minimum atomic E-state index is 0.200. The second kappa shape index (κ2) is 7.73. The van der Waals surface area contributed by atoms with Crippen molar-refractivity contribution >= 4 is 17.8 Å². The van der Waals surface area contributed by atoms with E-state index in [9.17, 15) is 0 Å². The van der Waals surface area contributed by atoms with Crippen LogP contribution >= 0.6 is 0 Å². The minimum absolute atomic E-state index is 0.200. The molecule has 0 aliphatic rings. The van der Waals surface area contributed by atoms with E-state index >= 15 is 0 Å². The minimum Gasteiger partial charge on any atom is -0.396 e. The Morgan fingerprint density at radius 2 is 1.79 bits per heavy atom. The van der Waals surface area contributed by atoms with Gasteiger partial charge in [0.2, 0.25) is 17.8 Å². The Kier molecular flexibility index (Phi) is 6.27. The highest BCUT2D eigenvalue weighted by atomic mass is 16.3. The first-order valence-corrected chi connectivity index (χ1v) is 6.58. The molecule has 0 fully saturated rings. The quantitative estimate of drug-likeness (QED) is 0.643. The molecule has 0 aliphatic heterocycles. The van der Waals surface area contributed by atoms with Gasteiger partial charge in [-0.15, -0.1) is 0 Å². The zero-order chi connectivity index (χ0) is 14.3. The molecule has 0 saturated carbocycles. The summed E-state index contributed by atoms with van der Waals surface area (Å²) in [5, 5.41) is 15.1. The number of nitrogens with zero attached hydrogens (tertiary/aromatic N) is 4. The summed E-state index contributed by atoms with van der Waals surface area (Å²) >= 11 is 0. The van der Waals surface area contributed by atoms with E-state index in [0.717, 1.165) is 19.5 Å². The number of anilines is 3. The topological polar surface area (TPSA) is 86.2 Å². The Labute approximate surface area is 114 Å². The molecule has 1 atom stereocenters. The maximum Gasteiger partial charge on any atom is 0.231 e. The first-order chi connectivity index (χ1) is 9.06. The molecule has 0 amide bonds. The second-order valence-electron chi connectivity index (χ2n) is 4.71. The molecule has 1 aromatic heterocycles. The maximum atomic E-state index is 8.88. The zero-order valence-corrected chi connectivity index (χ0v) is 12.1. The zero-order valence-electron chi connectivity index (χ0n) is 12.1. The molecular formula is C12H24N6O. The summed E-state index contributed by atoms with van der Waals surface area (Å²) in [5.41, 5.74) is 0. The third-order valence-electron chi connectivity index (χ3n) is 2.59. The standard InChI is InChI=1S/C12H24N6O/c1-5-13-10-15-11(14-8-9(2)6-7-19)17-12(16-10)18(3)4/h9,19H,5-8H2,1-4H3,(H2,13,14,15,16,17). The van der Waals surface area contributed by atoms with Gasteiger partial charge in [-0.25, -0.2) is 0 Å². The lowest BCUT2D eigenvalue weighted by Gasteiger charge is -2.15. The van der Waals surface area contributed by atoms with Crippen LogP contribution in [0.4, 0.5) is 17.8 Å². The largest absolute Gasteiger partial charge is 0.396 e. The molecule has 108 valence electrons. The summed E-state index contributed by atoms with van der Waals surface area (Å²) in [4.78, 5) is 14.8. The third-order valence-corrected chi connectivity index (χ3v) is 2.59. The van der Waals surface area contributed by atoms with Gasteiger partial charge in [0, 0.05) is 33.8 Å². The molecule has 0 aromatic carbocycles. The van der Waals surface area contributed by atoms with Crippen LogP contribution in [0.2, 0.25) is 0 Å². The molecule has 1 rings (SSSR count). The summed E-state index contributed by atoms with van der Waals surface area (Å²) in [5.74, 6) is 2.10. The van der Waals surface area contributed by atoms with Crippen LogP contribution < -0.4 is 15.5 Å². The van der Waals surface area contributed by atoms with Gasteiger partial charge < -0.3 is 20.6 Å². The molecule has 7 nitrogen and oxygen atoms in total. The highest BCUT2D eigenvalue weighted by Crippen LogP contribution is 2.12. The fraction of sp³-hybridized carbons (Fsp3) is 0.750.